The van der Waals surface area contributed by atoms with Crippen molar-refractivity contribution in [3.8, 4) is 0 Å². The zero-order valence-corrected chi connectivity index (χ0v) is 7.56. The number of hydrogen-bond donors (Lipinski definition) is 3. The number of primary amides is 1. The highest BCUT2D eigenvalue weighted by Gasteiger charge is 2.15. The molecule has 6 nitrogen and oxygen atoms in total. The van der Waals surface area contributed by atoms with Gasteiger partial charge in [-0.25, -0.2) is 4.79 Å². The predicted octanol–water partition coefficient (Wildman–Crippen LogP) is 0.193. The zero-order chi connectivity index (χ0) is 11.4. The maximum atomic E-state index is 11.3. The molecule has 0 atom stereocenters. The maximum Gasteiger partial charge on any atom is 0.411 e. The number of nitrogens with one attached hydrogen (secondary N) is 1. The van der Waals surface area contributed by atoms with Gasteiger partial charge in [0.15, 0.2) is 0 Å². The van der Waals surface area contributed by atoms with E-state index in [1.807, 2.05) is 0 Å². The Bertz CT molecular complexity index is 428. The summed E-state index contributed by atoms with van der Waals surface area (Å²) < 4.78 is 0. The number of benzene rings is 1. The summed E-state index contributed by atoms with van der Waals surface area (Å²) in [6.07, 6.45) is -1.49. The van der Waals surface area contributed by atoms with Crippen LogP contribution < -0.4 is 11.1 Å². The van der Waals surface area contributed by atoms with E-state index in [0.29, 0.717) is 0 Å². The van der Waals surface area contributed by atoms with Gasteiger partial charge in [-0.1, -0.05) is 12.1 Å². The Morgan fingerprint density at radius 3 is 2.13 bits per heavy atom. The second-order valence-corrected chi connectivity index (χ2v) is 2.67. The average molecular weight is 208 g/mol. The van der Waals surface area contributed by atoms with Gasteiger partial charge in [0, 0.05) is 0 Å². The Labute approximate surface area is 84.7 Å². The molecule has 3 amide bonds. The Morgan fingerprint density at radius 1 is 1.13 bits per heavy atom. The van der Waals surface area contributed by atoms with Gasteiger partial charge in [-0.15, -0.1) is 0 Å². The van der Waals surface area contributed by atoms with E-state index < -0.39 is 17.9 Å². The summed E-state index contributed by atoms with van der Waals surface area (Å²) >= 11 is 0. The van der Waals surface area contributed by atoms with Gasteiger partial charge >= 0.3 is 6.09 Å². The van der Waals surface area contributed by atoms with Crippen molar-refractivity contribution in [2.75, 3.05) is 0 Å². The molecule has 6 heteroatoms. The molecule has 1 aromatic carbocycles. The second kappa shape index (κ2) is 4.23. The first-order valence-corrected chi connectivity index (χ1v) is 3.95. The van der Waals surface area contributed by atoms with Crippen molar-refractivity contribution in [3.63, 3.8) is 0 Å². The highest BCUT2D eigenvalue weighted by atomic mass is 16.4. The molecular weight excluding hydrogens is 200 g/mol. The van der Waals surface area contributed by atoms with Crippen LogP contribution in [0.15, 0.2) is 24.3 Å². The lowest BCUT2D eigenvalue weighted by Gasteiger charge is -2.04. The van der Waals surface area contributed by atoms with Crippen LogP contribution >= 0.6 is 0 Å². The fourth-order valence-electron chi connectivity index (χ4n) is 1.06. The number of imide groups is 1. The molecule has 0 aliphatic heterocycles. The molecule has 0 aromatic heterocycles. The fraction of sp³-hybridized carbons (Fsp3) is 0. The van der Waals surface area contributed by atoms with Gasteiger partial charge in [-0.3, -0.25) is 14.9 Å². The van der Waals surface area contributed by atoms with Crippen LogP contribution in [0.5, 0.6) is 0 Å². The summed E-state index contributed by atoms with van der Waals surface area (Å²) in [5.74, 6) is -1.66. The Morgan fingerprint density at radius 2 is 1.67 bits per heavy atom. The highest BCUT2D eigenvalue weighted by Crippen LogP contribution is 2.07. The van der Waals surface area contributed by atoms with Crippen LogP contribution in [0.25, 0.3) is 0 Å². The largest absolute Gasteiger partial charge is 0.465 e. The fourth-order valence-corrected chi connectivity index (χ4v) is 1.06. The van der Waals surface area contributed by atoms with Gasteiger partial charge < -0.3 is 10.8 Å². The topological polar surface area (TPSA) is 109 Å². The second-order valence-electron chi connectivity index (χ2n) is 2.67. The molecule has 0 saturated carbocycles. The standard InChI is InChI=1S/C9H8N2O4/c10-7(12)5-3-1-2-4-6(5)8(13)11-9(14)15/h1-4H,(H2,10,12)(H,11,13)(H,14,15). The molecule has 0 heterocycles. The SMILES string of the molecule is NC(=O)c1ccccc1C(=O)NC(=O)O. The van der Waals surface area contributed by atoms with Gasteiger partial charge in [0.25, 0.3) is 5.91 Å². The first-order chi connectivity index (χ1) is 7.02. The predicted molar refractivity (Wildman–Crippen MR) is 50.5 cm³/mol. The van der Waals surface area contributed by atoms with Crippen LogP contribution in [0, 0.1) is 0 Å². The lowest BCUT2D eigenvalue weighted by atomic mass is 10.1. The van der Waals surface area contributed by atoms with Gasteiger partial charge in [0.05, 0.1) is 11.1 Å². The third kappa shape index (κ3) is 2.53. The highest BCUT2D eigenvalue weighted by molar-refractivity contribution is 6.10. The van der Waals surface area contributed by atoms with E-state index in [4.69, 9.17) is 10.8 Å². The van der Waals surface area contributed by atoms with E-state index in [1.165, 1.54) is 24.3 Å². The average Bonchev–Trinajstić information content (AvgIpc) is 2.16. The van der Waals surface area contributed by atoms with E-state index in [1.54, 1.807) is 5.32 Å². The smallest absolute Gasteiger partial charge is 0.411 e. The Balaban J connectivity index is 3.08. The van der Waals surface area contributed by atoms with E-state index >= 15 is 0 Å². The summed E-state index contributed by atoms with van der Waals surface area (Å²) in [7, 11) is 0. The van der Waals surface area contributed by atoms with Gasteiger partial charge in [0.2, 0.25) is 5.91 Å². The summed E-state index contributed by atoms with van der Waals surface area (Å²) in [4.78, 5) is 32.4. The number of nitrogens with two attached hydrogens (primary N) is 1. The Kier molecular flexibility index (Phi) is 3.02. The molecule has 0 spiro atoms. The van der Waals surface area contributed by atoms with Crippen molar-refractivity contribution in [2.45, 2.75) is 0 Å². The minimum atomic E-state index is -1.49. The molecule has 0 radical (unpaired) electrons. The van der Waals surface area contributed by atoms with Crippen LogP contribution in [0.3, 0.4) is 0 Å². The van der Waals surface area contributed by atoms with Crippen molar-refractivity contribution < 1.29 is 19.5 Å². The monoisotopic (exact) mass is 208 g/mol. The van der Waals surface area contributed by atoms with Crippen LogP contribution in [0.4, 0.5) is 4.79 Å². The summed E-state index contributed by atoms with van der Waals surface area (Å²) in [5.41, 5.74) is 4.94. The third-order valence-electron chi connectivity index (χ3n) is 1.66. The van der Waals surface area contributed by atoms with Gasteiger partial charge in [0.1, 0.15) is 0 Å². The van der Waals surface area contributed by atoms with E-state index in [9.17, 15) is 14.4 Å². The quantitative estimate of drug-likeness (QED) is 0.644. The molecule has 1 rings (SSSR count). The van der Waals surface area contributed by atoms with E-state index in [0.717, 1.165) is 0 Å². The number of hydrogen-bond acceptors (Lipinski definition) is 3. The minimum Gasteiger partial charge on any atom is -0.465 e. The summed E-state index contributed by atoms with van der Waals surface area (Å²) in [5, 5.41) is 9.95. The molecule has 0 bridgehead atoms. The number of rotatable bonds is 2. The molecule has 0 aliphatic rings. The molecule has 0 aliphatic carbocycles. The molecule has 4 N–H and O–H groups in total. The van der Waals surface area contributed by atoms with Gasteiger partial charge in [-0.2, -0.15) is 0 Å². The van der Waals surface area contributed by atoms with Gasteiger partial charge in [-0.05, 0) is 12.1 Å². The van der Waals surface area contributed by atoms with Crippen LogP contribution in [-0.2, 0) is 0 Å². The first kappa shape index (κ1) is 10.7. The summed E-state index contributed by atoms with van der Waals surface area (Å²) in [6.45, 7) is 0. The first-order valence-electron chi connectivity index (χ1n) is 3.95. The molecule has 78 valence electrons. The van der Waals surface area contributed by atoms with Crippen LogP contribution in [0.1, 0.15) is 20.7 Å². The zero-order valence-electron chi connectivity index (χ0n) is 7.56. The minimum absolute atomic E-state index is 0.0174. The number of carbonyl (C=O) groups is 3. The lowest BCUT2D eigenvalue weighted by molar-refractivity contribution is 0.0930. The van der Waals surface area contributed by atoms with Crippen molar-refractivity contribution >= 4 is 17.9 Å². The number of carboxylic acid groups (broad SMARTS) is 1. The van der Waals surface area contributed by atoms with Crippen molar-refractivity contribution in [3.05, 3.63) is 35.4 Å². The molecule has 0 saturated heterocycles. The Hall–Kier alpha value is -2.37. The van der Waals surface area contributed by atoms with Crippen molar-refractivity contribution in [1.82, 2.24) is 5.32 Å². The lowest BCUT2D eigenvalue weighted by Crippen LogP contribution is -2.30. The number of amides is 3. The van der Waals surface area contributed by atoms with Crippen molar-refractivity contribution in [1.29, 1.82) is 0 Å². The normalized spacial score (nSPS) is 9.33. The van der Waals surface area contributed by atoms with E-state index in [2.05, 4.69) is 0 Å². The molecular formula is C9H8N2O4. The number of carbonyl (C=O) groups excluding carboxylic acids is 2. The molecule has 0 unspecified atom stereocenters. The maximum absolute atomic E-state index is 11.3. The molecule has 15 heavy (non-hydrogen) atoms. The molecule has 1 aromatic rings. The van der Waals surface area contributed by atoms with Crippen LogP contribution in [0.2, 0.25) is 0 Å². The molecule has 0 fully saturated rings. The summed E-state index contributed by atoms with van der Waals surface area (Å²) in [6, 6.07) is 5.69. The van der Waals surface area contributed by atoms with Crippen molar-refractivity contribution in [2.24, 2.45) is 5.73 Å². The van der Waals surface area contributed by atoms with Crippen LogP contribution in [-0.4, -0.2) is 23.0 Å². The van der Waals surface area contributed by atoms with E-state index in [-0.39, 0.29) is 11.1 Å². The third-order valence-corrected chi connectivity index (χ3v) is 1.66.